The molecule has 0 radical (unpaired) electrons. The van der Waals surface area contributed by atoms with Gasteiger partial charge < -0.3 is 4.90 Å². The van der Waals surface area contributed by atoms with Gasteiger partial charge in [0.2, 0.25) is 15.9 Å². The normalized spacial score (nSPS) is 20.8. The monoisotopic (exact) mass is 401 g/mol. The number of rotatable bonds is 4. The van der Waals surface area contributed by atoms with Crippen molar-refractivity contribution in [1.29, 1.82) is 0 Å². The number of piperazine rings is 1. The Bertz CT molecular complexity index is 787. The average molecular weight is 401 g/mol. The van der Waals surface area contributed by atoms with Crippen LogP contribution in [-0.4, -0.2) is 74.2 Å². The van der Waals surface area contributed by atoms with Crippen molar-refractivity contribution in [3.05, 3.63) is 29.8 Å². The van der Waals surface area contributed by atoms with Crippen molar-refractivity contribution < 1.29 is 22.0 Å². The second kappa shape index (κ2) is 8.20. The lowest BCUT2D eigenvalue weighted by atomic mass is 9.99. The number of halogens is 2. The molecule has 0 atom stereocenters. The van der Waals surface area contributed by atoms with E-state index in [1.807, 2.05) is 9.80 Å². The molecule has 1 aromatic rings. The molecule has 0 N–H and O–H groups in total. The highest BCUT2D eigenvalue weighted by molar-refractivity contribution is 7.89. The van der Waals surface area contributed by atoms with Crippen LogP contribution in [0.1, 0.15) is 19.8 Å². The lowest BCUT2D eigenvalue weighted by Crippen LogP contribution is -2.52. The molecule has 0 spiro atoms. The second-order valence-corrected chi connectivity index (χ2v) is 9.22. The van der Waals surface area contributed by atoms with E-state index in [0.717, 1.165) is 42.4 Å². The zero-order valence-electron chi connectivity index (χ0n) is 15.4. The number of amides is 1. The van der Waals surface area contributed by atoms with Crippen LogP contribution in [0.3, 0.4) is 0 Å². The Morgan fingerprint density at radius 2 is 1.70 bits per heavy atom. The first kappa shape index (κ1) is 20.2. The number of likely N-dealkylation sites (tertiary alicyclic amines) is 1. The summed E-state index contributed by atoms with van der Waals surface area (Å²) in [5, 5.41) is 0. The molecule has 0 saturated carbocycles. The zero-order chi connectivity index (χ0) is 19.6. The summed E-state index contributed by atoms with van der Waals surface area (Å²) in [4.78, 5) is 15.5. The minimum absolute atomic E-state index is 0.0642. The smallest absolute Gasteiger partial charge is 0.246 e. The van der Waals surface area contributed by atoms with Gasteiger partial charge in [-0.2, -0.15) is 4.31 Å². The summed E-state index contributed by atoms with van der Waals surface area (Å²) in [5.41, 5.74) is 0. The summed E-state index contributed by atoms with van der Waals surface area (Å²) >= 11 is 0. The summed E-state index contributed by atoms with van der Waals surface area (Å²) in [6.07, 6.45) is 2.02. The quantitative estimate of drug-likeness (QED) is 0.768. The molecular formula is C18H25F2N3O3S. The molecule has 0 bridgehead atoms. The molecule has 1 aromatic carbocycles. The molecule has 2 saturated heterocycles. The van der Waals surface area contributed by atoms with E-state index >= 15 is 0 Å². The molecule has 0 unspecified atom stereocenters. The Morgan fingerprint density at radius 1 is 1.07 bits per heavy atom. The molecule has 2 heterocycles. The van der Waals surface area contributed by atoms with Crippen molar-refractivity contribution >= 4 is 15.9 Å². The maximum atomic E-state index is 13.9. The average Bonchev–Trinajstić information content (AvgIpc) is 2.64. The predicted molar refractivity (Wildman–Crippen MR) is 96.5 cm³/mol. The summed E-state index contributed by atoms with van der Waals surface area (Å²) in [7, 11) is -4.10. The molecule has 2 fully saturated rings. The molecule has 3 rings (SSSR count). The van der Waals surface area contributed by atoms with Gasteiger partial charge in [0.15, 0.2) is 0 Å². The van der Waals surface area contributed by atoms with Gasteiger partial charge in [-0.25, -0.2) is 17.2 Å². The molecule has 0 aliphatic carbocycles. The minimum atomic E-state index is -4.10. The van der Waals surface area contributed by atoms with Crippen LogP contribution in [0, 0.1) is 17.6 Å². The van der Waals surface area contributed by atoms with Gasteiger partial charge in [-0.1, -0.05) is 6.92 Å². The molecule has 9 heteroatoms. The van der Waals surface area contributed by atoms with Crippen LogP contribution < -0.4 is 0 Å². The molecule has 0 aromatic heterocycles. The first-order valence-electron chi connectivity index (χ1n) is 9.22. The van der Waals surface area contributed by atoms with E-state index in [2.05, 4.69) is 6.92 Å². The number of carbonyl (C=O) groups is 1. The third kappa shape index (κ3) is 4.64. The number of nitrogens with zero attached hydrogens (tertiary/aromatic N) is 3. The standard InChI is InChI=1S/C18H25F2N3O3S/c1-14-4-6-22(7-5-14)18(24)13-21-8-10-23(11-9-21)27(25,26)17-12-15(19)2-3-16(17)20/h2-3,12,14H,4-11,13H2,1H3. The highest BCUT2D eigenvalue weighted by Crippen LogP contribution is 2.22. The van der Waals surface area contributed by atoms with Gasteiger partial charge in [0.1, 0.15) is 16.5 Å². The van der Waals surface area contributed by atoms with Crippen molar-refractivity contribution in [1.82, 2.24) is 14.1 Å². The minimum Gasteiger partial charge on any atom is -0.342 e. The van der Waals surface area contributed by atoms with Gasteiger partial charge in [-0.15, -0.1) is 0 Å². The molecule has 6 nitrogen and oxygen atoms in total. The Labute approximate surface area is 158 Å². The summed E-state index contributed by atoms with van der Waals surface area (Å²) in [5.74, 6) is -1.05. The largest absolute Gasteiger partial charge is 0.342 e. The highest BCUT2D eigenvalue weighted by atomic mass is 32.2. The van der Waals surface area contributed by atoms with Crippen molar-refractivity contribution in [3.8, 4) is 0 Å². The number of hydrogen-bond donors (Lipinski definition) is 0. The van der Waals surface area contributed by atoms with Gasteiger partial charge in [0.05, 0.1) is 6.54 Å². The number of hydrogen-bond acceptors (Lipinski definition) is 4. The molecule has 150 valence electrons. The van der Waals surface area contributed by atoms with E-state index in [4.69, 9.17) is 0 Å². The second-order valence-electron chi connectivity index (χ2n) is 7.32. The van der Waals surface area contributed by atoms with E-state index in [-0.39, 0.29) is 25.5 Å². The Hall–Kier alpha value is -1.58. The molecule has 2 aliphatic rings. The highest BCUT2D eigenvalue weighted by Gasteiger charge is 2.32. The van der Waals surface area contributed by atoms with Crippen LogP contribution in [0.25, 0.3) is 0 Å². The van der Waals surface area contributed by atoms with Crippen LogP contribution in [0.2, 0.25) is 0 Å². The first-order chi connectivity index (χ1) is 12.8. The summed E-state index contributed by atoms with van der Waals surface area (Å²) < 4.78 is 53.6. The third-order valence-corrected chi connectivity index (χ3v) is 7.25. The van der Waals surface area contributed by atoms with Crippen molar-refractivity contribution in [3.63, 3.8) is 0 Å². The van der Waals surface area contributed by atoms with Gasteiger partial charge in [0.25, 0.3) is 0 Å². The molecule has 1 amide bonds. The number of carbonyl (C=O) groups excluding carboxylic acids is 1. The number of piperidine rings is 1. The van der Waals surface area contributed by atoms with Crippen LogP contribution >= 0.6 is 0 Å². The van der Waals surface area contributed by atoms with Gasteiger partial charge in [-0.3, -0.25) is 9.69 Å². The third-order valence-electron chi connectivity index (χ3n) is 5.34. The van der Waals surface area contributed by atoms with E-state index in [1.54, 1.807) is 0 Å². The fourth-order valence-electron chi connectivity index (χ4n) is 3.49. The van der Waals surface area contributed by atoms with Gasteiger partial charge in [0, 0.05) is 39.3 Å². The van der Waals surface area contributed by atoms with Crippen molar-refractivity contribution in [2.75, 3.05) is 45.8 Å². The molecule has 2 aliphatic heterocycles. The SMILES string of the molecule is CC1CCN(C(=O)CN2CCN(S(=O)(=O)c3cc(F)ccc3F)CC2)CC1. The molecular weight excluding hydrogens is 376 g/mol. The van der Waals surface area contributed by atoms with Crippen LogP contribution in [0.5, 0.6) is 0 Å². The first-order valence-corrected chi connectivity index (χ1v) is 10.7. The van der Waals surface area contributed by atoms with Crippen molar-refractivity contribution in [2.45, 2.75) is 24.7 Å². The fraction of sp³-hybridized carbons (Fsp3) is 0.611. The van der Waals surface area contributed by atoms with Gasteiger partial charge in [-0.05, 0) is 37.0 Å². The Kier molecular flexibility index (Phi) is 6.12. The van der Waals surface area contributed by atoms with E-state index in [1.165, 1.54) is 0 Å². The predicted octanol–water partition coefficient (Wildman–Crippen LogP) is 1.53. The van der Waals surface area contributed by atoms with Crippen LogP contribution in [-0.2, 0) is 14.8 Å². The zero-order valence-corrected chi connectivity index (χ0v) is 16.2. The fourth-order valence-corrected chi connectivity index (χ4v) is 4.99. The number of sulfonamides is 1. The number of benzene rings is 1. The Balaban J connectivity index is 1.57. The maximum absolute atomic E-state index is 13.9. The van der Waals surface area contributed by atoms with Crippen LogP contribution in [0.15, 0.2) is 23.1 Å². The molecule has 27 heavy (non-hydrogen) atoms. The Morgan fingerprint density at radius 3 is 2.33 bits per heavy atom. The van der Waals surface area contributed by atoms with E-state index in [9.17, 15) is 22.0 Å². The lowest BCUT2D eigenvalue weighted by Gasteiger charge is -2.36. The van der Waals surface area contributed by atoms with Gasteiger partial charge >= 0.3 is 0 Å². The van der Waals surface area contributed by atoms with Crippen molar-refractivity contribution in [2.24, 2.45) is 5.92 Å². The topological polar surface area (TPSA) is 60.9 Å². The van der Waals surface area contributed by atoms with E-state index < -0.39 is 26.6 Å². The lowest BCUT2D eigenvalue weighted by molar-refractivity contribution is -0.134. The maximum Gasteiger partial charge on any atom is 0.246 e. The van der Waals surface area contributed by atoms with Crippen LogP contribution in [0.4, 0.5) is 8.78 Å². The van der Waals surface area contributed by atoms with E-state index in [0.29, 0.717) is 25.1 Å². The summed E-state index contributed by atoms with van der Waals surface area (Å²) in [6.45, 7) is 5.03. The summed E-state index contributed by atoms with van der Waals surface area (Å²) in [6, 6.07) is 2.41.